The molecule has 1 aromatic rings. The van der Waals surface area contributed by atoms with E-state index in [0.717, 1.165) is 11.3 Å². The van der Waals surface area contributed by atoms with E-state index < -0.39 is 5.41 Å². The van der Waals surface area contributed by atoms with Crippen LogP contribution in [0, 0.1) is 5.41 Å². The lowest BCUT2D eigenvalue weighted by atomic mass is 9.91. The number of oxime groups is 1. The summed E-state index contributed by atoms with van der Waals surface area (Å²) < 4.78 is 5.48. The second-order valence-electron chi connectivity index (χ2n) is 5.49. The Morgan fingerprint density at radius 2 is 2.25 bits per heavy atom. The topological polar surface area (TPSA) is 96.9 Å². The number of carbonyl (C=O) groups is 1. The Morgan fingerprint density at radius 1 is 1.55 bits per heavy atom. The normalized spacial score (nSPS) is 18.3. The molecule has 20 heavy (non-hydrogen) atoms. The SMILES string of the molecule is CC(C)(CNC(=O)C1COc2ccccc21)/C(N)=N/O. The van der Waals surface area contributed by atoms with Crippen LogP contribution < -0.4 is 15.8 Å². The van der Waals surface area contributed by atoms with E-state index in [0.29, 0.717) is 13.2 Å². The van der Waals surface area contributed by atoms with Gasteiger partial charge < -0.3 is 21.0 Å². The third-order valence-corrected chi connectivity index (χ3v) is 3.52. The van der Waals surface area contributed by atoms with Crippen molar-refractivity contribution in [2.24, 2.45) is 16.3 Å². The van der Waals surface area contributed by atoms with Crippen LogP contribution in [-0.4, -0.2) is 30.1 Å². The standard InChI is InChI=1S/C14H19N3O3/c1-14(2,13(15)17-19)8-16-12(18)10-7-20-11-6-4-3-5-9(10)11/h3-6,10,19H,7-8H2,1-2H3,(H2,15,17)(H,16,18). The van der Waals surface area contributed by atoms with Crippen molar-refractivity contribution < 1.29 is 14.7 Å². The Labute approximate surface area is 117 Å². The van der Waals surface area contributed by atoms with Gasteiger partial charge >= 0.3 is 0 Å². The smallest absolute Gasteiger partial charge is 0.231 e. The van der Waals surface area contributed by atoms with Crippen LogP contribution in [-0.2, 0) is 4.79 Å². The number of amides is 1. The Morgan fingerprint density at radius 3 is 2.95 bits per heavy atom. The molecule has 0 radical (unpaired) electrons. The van der Waals surface area contributed by atoms with Gasteiger partial charge in [-0.3, -0.25) is 4.79 Å². The number of carbonyl (C=O) groups excluding carboxylic acids is 1. The molecule has 4 N–H and O–H groups in total. The summed E-state index contributed by atoms with van der Waals surface area (Å²) in [6, 6.07) is 7.50. The van der Waals surface area contributed by atoms with Gasteiger partial charge in [0.2, 0.25) is 5.91 Å². The first kappa shape index (κ1) is 14.2. The molecule has 0 saturated heterocycles. The fourth-order valence-corrected chi connectivity index (χ4v) is 2.04. The second kappa shape index (κ2) is 5.40. The molecule has 6 heteroatoms. The molecule has 1 aromatic carbocycles. The van der Waals surface area contributed by atoms with Gasteiger partial charge in [0.1, 0.15) is 24.1 Å². The molecular formula is C14H19N3O3. The molecular weight excluding hydrogens is 258 g/mol. The molecule has 1 amide bonds. The van der Waals surface area contributed by atoms with Gasteiger partial charge in [0.15, 0.2) is 0 Å². The quantitative estimate of drug-likeness (QED) is 0.332. The Hall–Kier alpha value is -2.24. The highest BCUT2D eigenvalue weighted by Crippen LogP contribution is 2.33. The molecule has 0 fully saturated rings. The van der Waals surface area contributed by atoms with Crippen LogP contribution in [0.3, 0.4) is 0 Å². The summed E-state index contributed by atoms with van der Waals surface area (Å²) in [5.41, 5.74) is 5.88. The van der Waals surface area contributed by atoms with Crippen molar-refractivity contribution in [3.05, 3.63) is 29.8 Å². The zero-order valence-electron chi connectivity index (χ0n) is 11.6. The number of hydrogen-bond donors (Lipinski definition) is 3. The van der Waals surface area contributed by atoms with Crippen molar-refractivity contribution in [3.8, 4) is 5.75 Å². The van der Waals surface area contributed by atoms with Gasteiger partial charge in [-0.1, -0.05) is 37.2 Å². The zero-order chi connectivity index (χ0) is 14.8. The minimum absolute atomic E-state index is 0.0841. The highest BCUT2D eigenvalue weighted by Gasteiger charge is 2.32. The number of fused-ring (bicyclic) bond motifs is 1. The minimum atomic E-state index is -0.608. The van der Waals surface area contributed by atoms with Crippen LogP contribution in [0.25, 0.3) is 0 Å². The summed E-state index contributed by atoms with van der Waals surface area (Å²) in [5, 5.41) is 14.5. The molecule has 1 aliphatic rings. The summed E-state index contributed by atoms with van der Waals surface area (Å²) in [5.74, 6) is 0.410. The lowest BCUT2D eigenvalue weighted by molar-refractivity contribution is -0.123. The number of rotatable bonds is 4. The van der Waals surface area contributed by atoms with Crippen LogP contribution >= 0.6 is 0 Å². The number of ether oxygens (including phenoxy) is 1. The number of benzene rings is 1. The highest BCUT2D eigenvalue weighted by atomic mass is 16.5. The van der Waals surface area contributed by atoms with Crippen molar-refractivity contribution in [2.75, 3.05) is 13.2 Å². The van der Waals surface area contributed by atoms with Gasteiger partial charge in [-0.05, 0) is 6.07 Å². The van der Waals surface area contributed by atoms with E-state index >= 15 is 0 Å². The lowest BCUT2D eigenvalue weighted by Gasteiger charge is -2.23. The number of para-hydroxylation sites is 1. The average molecular weight is 277 g/mol. The van der Waals surface area contributed by atoms with E-state index in [9.17, 15) is 4.79 Å². The predicted molar refractivity (Wildman–Crippen MR) is 74.9 cm³/mol. The van der Waals surface area contributed by atoms with E-state index in [-0.39, 0.29) is 17.7 Å². The van der Waals surface area contributed by atoms with Crippen molar-refractivity contribution in [1.82, 2.24) is 5.32 Å². The predicted octanol–water partition coefficient (Wildman–Crippen LogP) is 1.05. The molecule has 0 spiro atoms. The van der Waals surface area contributed by atoms with E-state index in [1.165, 1.54) is 0 Å². The number of hydrogen-bond acceptors (Lipinski definition) is 4. The maximum atomic E-state index is 12.2. The monoisotopic (exact) mass is 277 g/mol. The molecule has 0 aliphatic carbocycles. The van der Waals surface area contributed by atoms with Crippen molar-refractivity contribution >= 4 is 11.7 Å². The van der Waals surface area contributed by atoms with Crippen molar-refractivity contribution in [2.45, 2.75) is 19.8 Å². The Bertz CT molecular complexity index is 540. The van der Waals surface area contributed by atoms with Gasteiger partial charge in [0.25, 0.3) is 0 Å². The van der Waals surface area contributed by atoms with Gasteiger partial charge in [0, 0.05) is 17.5 Å². The third kappa shape index (κ3) is 2.68. The highest BCUT2D eigenvalue weighted by molar-refractivity contribution is 5.88. The maximum Gasteiger partial charge on any atom is 0.231 e. The molecule has 108 valence electrons. The minimum Gasteiger partial charge on any atom is -0.492 e. The van der Waals surface area contributed by atoms with Crippen molar-refractivity contribution in [1.29, 1.82) is 0 Å². The maximum absolute atomic E-state index is 12.2. The molecule has 0 bridgehead atoms. The summed E-state index contributed by atoms with van der Waals surface area (Å²) in [6.45, 7) is 4.22. The summed E-state index contributed by atoms with van der Waals surface area (Å²) >= 11 is 0. The van der Waals surface area contributed by atoms with Gasteiger partial charge in [-0.25, -0.2) is 0 Å². The molecule has 1 heterocycles. The summed E-state index contributed by atoms with van der Waals surface area (Å²) in [4.78, 5) is 12.2. The van der Waals surface area contributed by atoms with Crippen LogP contribution in [0.15, 0.2) is 29.4 Å². The third-order valence-electron chi connectivity index (χ3n) is 3.52. The molecule has 1 aliphatic heterocycles. The number of nitrogens with zero attached hydrogens (tertiary/aromatic N) is 1. The van der Waals surface area contributed by atoms with Gasteiger partial charge in [0.05, 0.1) is 0 Å². The fraction of sp³-hybridized carbons (Fsp3) is 0.429. The van der Waals surface area contributed by atoms with E-state index in [1.807, 2.05) is 24.3 Å². The number of nitrogens with two attached hydrogens (primary N) is 1. The van der Waals surface area contributed by atoms with Crippen LogP contribution in [0.2, 0.25) is 0 Å². The largest absolute Gasteiger partial charge is 0.492 e. The van der Waals surface area contributed by atoms with Crippen LogP contribution in [0.1, 0.15) is 25.3 Å². The van der Waals surface area contributed by atoms with Gasteiger partial charge in [-0.15, -0.1) is 0 Å². The molecule has 6 nitrogen and oxygen atoms in total. The molecule has 2 rings (SSSR count). The molecule has 1 atom stereocenters. The van der Waals surface area contributed by atoms with Crippen LogP contribution in [0.5, 0.6) is 5.75 Å². The zero-order valence-corrected chi connectivity index (χ0v) is 11.6. The van der Waals surface area contributed by atoms with E-state index in [1.54, 1.807) is 13.8 Å². The average Bonchev–Trinajstić information content (AvgIpc) is 2.88. The summed E-state index contributed by atoms with van der Waals surface area (Å²) in [7, 11) is 0. The first-order valence-electron chi connectivity index (χ1n) is 6.43. The Kier molecular flexibility index (Phi) is 3.83. The second-order valence-corrected chi connectivity index (χ2v) is 5.49. The van der Waals surface area contributed by atoms with E-state index in [2.05, 4.69) is 10.5 Å². The van der Waals surface area contributed by atoms with E-state index in [4.69, 9.17) is 15.7 Å². The fourth-order valence-electron chi connectivity index (χ4n) is 2.04. The van der Waals surface area contributed by atoms with Crippen molar-refractivity contribution in [3.63, 3.8) is 0 Å². The first-order valence-corrected chi connectivity index (χ1v) is 6.43. The molecule has 0 saturated carbocycles. The summed E-state index contributed by atoms with van der Waals surface area (Å²) in [6.07, 6.45) is 0. The molecule has 0 aromatic heterocycles. The first-order chi connectivity index (χ1) is 9.45. The Balaban J connectivity index is 2.01. The lowest BCUT2D eigenvalue weighted by Crippen LogP contribution is -2.44. The number of nitrogens with one attached hydrogen (secondary N) is 1. The van der Waals surface area contributed by atoms with Crippen LogP contribution in [0.4, 0.5) is 0 Å². The molecule has 1 unspecified atom stereocenters. The number of amidine groups is 1. The van der Waals surface area contributed by atoms with Gasteiger partial charge in [-0.2, -0.15) is 0 Å².